The largest absolute Gasteiger partial charge is 0.312 e. The number of fused-ring (bicyclic) bond motifs is 1. The van der Waals surface area contributed by atoms with E-state index in [1.165, 1.54) is 31.2 Å². The third-order valence-corrected chi connectivity index (χ3v) is 5.43. The lowest BCUT2D eigenvalue weighted by Gasteiger charge is -2.15. The van der Waals surface area contributed by atoms with Crippen LogP contribution in [0.25, 0.3) is 0 Å². The smallest absolute Gasteiger partial charge is 0.261 e. The Labute approximate surface area is 140 Å². The fourth-order valence-electron chi connectivity index (χ4n) is 2.79. The van der Waals surface area contributed by atoms with Crippen LogP contribution in [0.2, 0.25) is 0 Å². The highest BCUT2D eigenvalue weighted by atomic mass is 32.2. The van der Waals surface area contributed by atoms with Crippen molar-refractivity contribution in [2.75, 3.05) is 16.2 Å². The first kappa shape index (κ1) is 16.4. The van der Waals surface area contributed by atoms with Crippen molar-refractivity contribution < 1.29 is 17.6 Å². The molecule has 7 heteroatoms. The Morgan fingerprint density at radius 3 is 2.62 bits per heavy atom. The van der Waals surface area contributed by atoms with Crippen molar-refractivity contribution in [3.63, 3.8) is 0 Å². The van der Waals surface area contributed by atoms with Gasteiger partial charge in [0.25, 0.3) is 10.0 Å². The maximum absolute atomic E-state index is 13.3. The Bertz CT molecular complexity index is 925. The van der Waals surface area contributed by atoms with Crippen molar-refractivity contribution in [3.8, 4) is 0 Å². The first-order chi connectivity index (χ1) is 11.3. The van der Waals surface area contributed by atoms with Crippen LogP contribution in [0.15, 0.2) is 41.3 Å². The molecule has 5 nitrogen and oxygen atoms in total. The van der Waals surface area contributed by atoms with Crippen LogP contribution in [0.3, 0.4) is 0 Å². The standard InChI is InChI=1S/C17H17FN2O3S/c1-11-9-14(3-5-16(11)18)19-24(22,23)15-4-6-17-13(10-15)7-8-20(17)12(2)21/h3-6,9-10,19H,7-8H2,1-2H3. The van der Waals surface area contributed by atoms with Gasteiger partial charge in [-0.1, -0.05) is 0 Å². The number of halogens is 1. The molecule has 0 unspecified atom stereocenters. The molecule has 126 valence electrons. The van der Waals surface area contributed by atoms with Crippen LogP contribution in [0.5, 0.6) is 0 Å². The van der Waals surface area contributed by atoms with Gasteiger partial charge in [-0.25, -0.2) is 12.8 Å². The van der Waals surface area contributed by atoms with E-state index in [2.05, 4.69) is 4.72 Å². The van der Waals surface area contributed by atoms with Gasteiger partial charge in [0.2, 0.25) is 5.91 Å². The number of carbonyl (C=O) groups is 1. The van der Waals surface area contributed by atoms with E-state index in [0.717, 1.165) is 11.3 Å². The fourth-order valence-corrected chi connectivity index (χ4v) is 3.89. The first-order valence-corrected chi connectivity index (χ1v) is 8.96. The zero-order chi connectivity index (χ0) is 17.5. The normalized spacial score (nSPS) is 13.7. The van der Waals surface area contributed by atoms with E-state index < -0.39 is 10.0 Å². The summed E-state index contributed by atoms with van der Waals surface area (Å²) in [5.74, 6) is -0.455. The average molecular weight is 348 g/mol. The van der Waals surface area contributed by atoms with Crippen molar-refractivity contribution in [2.24, 2.45) is 0 Å². The van der Waals surface area contributed by atoms with Gasteiger partial charge in [0.15, 0.2) is 0 Å². The van der Waals surface area contributed by atoms with Gasteiger partial charge in [-0.2, -0.15) is 0 Å². The summed E-state index contributed by atoms with van der Waals surface area (Å²) >= 11 is 0. The molecule has 24 heavy (non-hydrogen) atoms. The second-order valence-corrected chi connectivity index (χ2v) is 7.46. The molecule has 3 rings (SSSR count). The lowest BCUT2D eigenvalue weighted by Crippen LogP contribution is -2.25. The molecule has 0 saturated heterocycles. The van der Waals surface area contributed by atoms with E-state index in [-0.39, 0.29) is 16.6 Å². The molecule has 1 aliphatic heterocycles. The molecule has 1 amide bonds. The quantitative estimate of drug-likeness (QED) is 0.927. The number of nitrogens with zero attached hydrogens (tertiary/aromatic N) is 1. The second kappa shape index (κ2) is 5.90. The SMILES string of the molecule is CC(=O)N1CCc2cc(S(=O)(=O)Nc3ccc(F)c(C)c3)ccc21. The number of anilines is 2. The first-order valence-electron chi connectivity index (χ1n) is 7.48. The number of amides is 1. The number of hydrogen-bond acceptors (Lipinski definition) is 3. The number of carbonyl (C=O) groups excluding carboxylic acids is 1. The molecule has 0 aromatic heterocycles. The molecule has 0 aliphatic carbocycles. The van der Waals surface area contributed by atoms with E-state index in [1.807, 2.05) is 0 Å². The van der Waals surface area contributed by atoms with Crippen molar-refractivity contribution in [1.29, 1.82) is 0 Å². The molecule has 2 aromatic carbocycles. The van der Waals surface area contributed by atoms with E-state index in [9.17, 15) is 17.6 Å². The van der Waals surface area contributed by atoms with Crippen LogP contribution >= 0.6 is 0 Å². The molecule has 1 aliphatic rings. The summed E-state index contributed by atoms with van der Waals surface area (Å²) in [6, 6.07) is 8.74. The fraction of sp³-hybridized carbons (Fsp3) is 0.235. The highest BCUT2D eigenvalue weighted by Crippen LogP contribution is 2.30. The summed E-state index contributed by atoms with van der Waals surface area (Å²) in [5.41, 5.74) is 2.24. The Hall–Kier alpha value is -2.41. The van der Waals surface area contributed by atoms with Gasteiger partial charge < -0.3 is 4.90 Å². The number of nitrogens with one attached hydrogen (secondary N) is 1. The van der Waals surface area contributed by atoms with E-state index in [4.69, 9.17) is 0 Å². The minimum Gasteiger partial charge on any atom is -0.312 e. The molecule has 0 atom stereocenters. The number of benzene rings is 2. The van der Waals surface area contributed by atoms with Gasteiger partial charge in [-0.15, -0.1) is 0 Å². The maximum atomic E-state index is 13.3. The van der Waals surface area contributed by atoms with Gasteiger partial charge in [0.1, 0.15) is 5.82 Å². The van der Waals surface area contributed by atoms with Crippen LogP contribution in [-0.4, -0.2) is 20.9 Å². The summed E-state index contributed by atoms with van der Waals surface area (Å²) in [7, 11) is -3.78. The summed E-state index contributed by atoms with van der Waals surface area (Å²) < 4.78 is 40.8. The van der Waals surface area contributed by atoms with Crippen LogP contribution in [0, 0.1) is 12.7 Å². The maximum Gasteiger partial charge on any atom is 0.261 e. The minimum absolute atomic E-state index is 0.0655. The molecule has 1 N–H and O–H groups in total. The van der Waals surface area contributed by atoms with Crippen molar-refractivity contribution in [2.45, 2.75) is 25.2 Å². The van der Waals surface area contributed by atoms with Crippen molar-refractivity contribution in [3.05, 3.63) is 53.3 Å². The van der Waals surface area contributed by atoms with E-state index >= 15 is 0 Å². The number of rotatable bonds is 3. The molecule has 2 aromatic rings. The third-order valence-electron chi connectivity index (χ3n) is 4.05. The predicted octanol–water partition coefficient (Wildman–Crippen LogP) is 2.84. The zero-order valence-electron chi connectivity index (χ0n) is 13.3. The molecule has 0 spiro atoms. The van der Waals surface area contributed by atoms with Crippen molar-refractivity contribution >= 4 is 27.3 Å². The second-order valence-electron chi connectivity index (χ2n) is 5.78. The van der Waals surface area contributed by atoms with Crippen LogP contribution < -0.4 is 9.62 Å². The number of hydrogen-bond donors (Lipinski definition) is 1. The summed E-state index contributed by atoms with van der Waals surface area (Å²) in [5, 5.41) is 0. The summed E-state index contributed by atoms with van der Waals surface area (Å²) in [4.78, 5) is 13.3. The van der Waals surface area contributed by atoms with Gasteiger partial charge in [0.05, 0.1) is 4.90 Å². The molecule has 0 radical (unpaired) electrons. The lowest BCUT2D eigenvalue weighted by atomic mass is 10.2. The summed E-state index contributed by atoms with van der Waals surface area (Å²) in [6.07, 6.45) is 0.619. The highest BCUT2D eigenvalue weighted by Gasteiger charge is 2.24. The monoisotopic (exact) mass is 348 g/mol. The van der Waals surface area contributed by atoms with Gasteiger partial charge in [-0.05, 0) is 60.9 Å². The Balaban J connectivity index is 1.91. The molecule has 0 bridgehead atoms. The molecule has 0 saturated carbocycles. The zero-order valence-corrected chi connectivity index (χ0v) is 14.2. The van der Waals surface area contributed by atoms with Gasteiger partial charge in [0, 0.05) is 24.8 Å². The van der Waals surface area contributed by atoms with Crippen LogP contribution in [-0.2, 0) is 21.2 Å². The summed E-state index contributed by atoms with van der Waals surface area (Å²) in [6.45, 7) is 3.61. The minimum atomic E-state index is -3.78. The number of sulfonamides is 1. The number of aryl methyl sites for hydroxylation is 1. The topological polar surface area (TPSA) is 66.5 Å². The van der Waals surface area contributed by atoms with Gasteiger partial charge in [-0.3, -0.25) is 9.52 Å². The Kier molecular flexibility index (Phi) is 4.04. The molecular formula is C17H17FN2O3S. The van der Waals surface area contributed by atoms with Gasteiger partial charge >= 0.3 is 0 Å². The predicted molar refractivity (Wildman–Crippen MR) is 90.1 cm³/mol. The Morgan fingerprint density at radius 1 is 1.21 bits per heavy atom. The molecule has 0 fully saturated rings. The molecular weight excluding hydrogens is 331 g/mol. The van der Waals surface area contributed by atoms with Crippen LogP contribution in [0.1, 0.15) is 18.1 Å². The van der Waals surface area contributed by atoms with E-state index in [1.54, 1.807) is 24.0 Å². The van der Waals surface area contributed by atoms with E-state index in [0.29, 0.717) is 24.2 Å². The van der Waals surface area contributed by atoms with Crippen molar-refractivity contribution in [1.82, 2.24) is 0 Å². The lowest BCUT2D eigenvalue weighted by molar-refractivity contribution is -0.116. The highest BCUT2D eigenvalue weighted by molar-refractivity contribution is 7.92. The molecule has 1 heterocycles. The van der Waals surface area contributed by atoms with Crippen LogP contribution in [0.4, 0.5) is 15.8 Å². The third kappa shape index (κ3) is 2.99. The Morgan fingerprint density at radius 2 is 1.96 bits per heavy atom. The average Bonchev–Trinajstić information content (AvgIpc) is 2.94.